The highest BCUT2D eigenvalue weighted by molar-refractivity contribution is 6.38. The van der Waals surface area contributed by atoms with Crippen LogP contribution >= 0.6 is 23.2 Å². The second kappa shape index (κ2) is 7.84. The minimum absolute atomic E-state index is 0.113. The van der Waals surface area contributed by atoms with Crippen LogP contribution in [0.25, 0.3) is 11.1 Å². The molecule has 0 amide bonds. The van der Waals surface area contributed by atoms with Gasteiger partial charge in [-0.25, -0.2) is 0 Å². The standard InChI is InChI=1S/C22H20Cl2F2O2/c1-21(2)17(12-18(23)22(24,25)26)19(21)20(27)28-13-14-7-6-10-16(11-14)15-8-4-3-5-9-15/h3-12,17,19H,13H2,1-2H3/t17-,19-/m1/s1. The van der Waals surface area contributed by atoms with Gasteiger partial charge >= 0.3 is 11.4 Å². The van der Waals surface area contributed by atoms with Crippen LogP contribution in [0.2, 0.25) is 0 Å². The molecule has 0 spiro atoms. The van der Waals surface area contributed by atoms with E-state index in [2.05, 4.69) is 0 Å². The van der Waals surface area contributed by atoms with Gasteiger partial charge in [0.25, 0.3) is 0 Å². The van der Waals surface area contributed by atoms with Crippen LogP contribution in [0.4, 0.5) is 8.78 Å². The van der Waals surface area contributed by atoms with Crippen molar-refractivity contribution in [2.45, 2.75) is 25.8 Å². The number of alkyl halides is 3. The minimum Gasteiger partial charge on any atom is -0.461 e. The average Bonchev–Trinajstić information content (AvgIpc) is 3.20. The molecule has 148 valence electrons. The summed E-state index contributed by atoms with van der Waals surface area (Å²) in [5, 5.41) is -4.40. The molecule has 0 saturated heterocycles. The zero-order valence-corrected chi connectivity index (χ0v) is 17.0. The largest absolute Gasteiger partial charge is 0.461 e. The van der Waals surface area contributed by atoms with E-state index in [1.807, 2.05) is 68.4 Å². The average molecular weight is 425 g/mol. The van der Waals surface area contributed by atoms with Gasteiger partial charge in [-0.05, 0) is 45.7 Å². The molecule has 1 aliphatic rings. The lowest BCUT2D eigenvalue weighted by Crippen LogP contribution is -2.11. The Morgan fingerprint density at radius 3 is 2.43 bits per heavy atom. The van der Waals surface area contributed by atoms with Crippen LogP contribution in [0.5, 0.6) is 0 Å². The maximum Gasteiger partial charge on any atom is 0.358 e. The maximum atomic E-state index is 13.1. The minimum atomic E-state index is -3.63. The molecule has 0 aromatic heterocycles. The van der Waals surface area contributed by atoms with E-state index < -0.39 is 33.6 Å². The summed E-state index contributed by atoms with van der Waals surface area (Å²) >= 11 is 10.5. The van der Waals surface area contributed by atoms with Crippen molar-refractivity contribution in [1.29, 1.82) is 0 Å². The Bertz CT molecular complexity index is 889. The molecule has 0 N–H and O–H groups in total. The summed E-state index contributed by atoms with van der Waals surface area (Å²) in [6.07, 6.45) is 1.16. The quantitative estimate of drug-likeness (QED) is 0.384. The Morgan fingerprint density at radius 1 is 1.14 bits per heavy atom. The second-order valence-electron chi connectivity index (χ2n) is 7.51. The van der Waals surface area contributed by atoms with Gasteiger partial charge in [0.2, 0.25) is 0 Å². The summed E-state index contributed by atoms with van der Waals surface area (Å²) in [4.78, 5) is 12.5. The van der Waals surface area contributed by atoms with Gasteiger partial charge in [-0.2, -0.15) is 8.78 Å². The third-order valence-electron chi connectivity index (χ3n) is 5.18. The van der Waals surface area contributed by atoms with Gasteiger partial charge in [0, 0.05) is 0 Å². The maximum absolute atomic E-state index is 13.1. The number of hydrogen-bond acceptors (Lipinski definition) is 2. The fraction of sp³-hybridized carbons (Fsp3) is 0.318. The first-order valence-electron chi connectivity index (χ1n) is 8.86. The summed E-state index contributed by atoms with van der Waals surface area (Å²) in [5.41, 5.74) is 2.44. The SMILES string of the molecule is CC1(C)[C@H](C=C(Cl)C(F)(F)Cl)[C@@H]1C(=O)OCc1cccc(-c2ccccc2)c1. The number of carbonyl (C=O) groups is 1. The Morgan fingerprint density at radius 2 is 1.79 bits per heavy atom. The van der Waals surface area contributed by atoms with Crippen LogP contribution in [-0.2, 0) is 16.1 Å². The monoisotopic (exact) mass is 424 g/mol. The molecule has 2 atom stereocenters. The van der Waals surface area contributed by atoms with Crippen molar-refractivity contribution in [2.24, 2.45) is 17.3 Å². The molecule has 3 rings (SSSR count). The van der Waals surface area contributed by atoms with Crippen molar-refractivity contribution in [1.82, 2.24) is 0 Å². The lowest BCUT2D eigenvalue weighted by Gasteiger charge is -2.08. The summed E-state index contributed by atoms with van der Waals surface area (Å²) in [5.74, 6) is -1.40. The number of rotatable bonds is 6. The molecule has 1 saturated carbocycles. The summed E-state index contributed by atoms with van der Waals surface area (Å²) in [6, 6.07) is 17.6. The number of allylic oxidation sites excluding steroid dienone is 2. The Balaban J connectivity index is 1.65. The van der Waals surface area contributed by atoms with Crippen molar-refractivity contribution in [3.63, 3.8) is 0 Å². The van der Waals surface area contributed by atoms with Crippen LogP contribution in [0.3, 0.4) is 0 Å². The first-order chi connectivity index (χ1) is 13.1. The number of carbonyl (C=O) groups excluding carboxylic acids is 1. The Kier molecular flexibility index (Phi) is 5.83. The normalized spacial score (nSPS) is 21.3. The van der Waals surface area contributed by atoms with E-state index in [0.29, 0.717) is 0 Å². The molecule has 2 aromatic carbocycles. The molecular formula is C22H20Cl2F2O2. The van der Waals surface area contributed by atoms with Gasteiger partial charge in [0.05, 0.1) is 11.0 Å². The fourth-order valence-electron chi connectivity index (χ4n) is 3.41. The van der Waals surface area contributed by atoms with Crippen LogP contribution in [0.15, 0.2) is 65.7 Å². The van der Waals surface area contributed by atoms with Gasteiger partial charge < -0.3 is 4.74 Å². The van der Waals surface area contributed by atoms with E-state index in [1.165, 1.54) is 0 Å². The van der Waals surface area contributed by atoms with Gasteiger partial charge in [-0.15, -0.1) is 0 Å². The molecule has 6 heteroatoms. The van der Waals surface area contributed by atoms with Gasteiger partial charge in [0.15, 0.2) is 0 Å². The Labute approximate surface area is 173 Å². The number of hydrogen-bond donors (Lipinski definition) is 0. The topological polar surface area (TPSA) is 26.3 Å². The van der Waals surface area contributed by atoms with Crippen LogP contribution < -0.4 is 0 Å². The van der Waals surface area contributed by atoms with Gasteiger partial charge in [-0.3, -0.25) is 4.79 Å². The summed E-state index contributed by atoms with van der Waals surface area (Å²) in [6.45, 7) is 3.74. The third kappa shape index (κ3) is 4.56. The fourth-order valence-corrected chi connectivity index (χ4v) is 3.61. The molecule has 0 aliphatic heterocycles. The van der Waals surface area contributed by atoms with Crippen LogP contribution in [-0.4, -0.2) is 11.4 Å². The van der Waals surface area contributed by atoms with E-state index in [9.17, 15) is 13.6 Å². The zero-order valence-electron chi connectivity index (χ0n) is 15.5. The molecule has 0 unspecified atom stereocenters. The van der Waals surface area contributed by atoms with Crippen molar-refractivity contribution < 1.29 is 18.3 Å². The molecular weight excluding hydrogens is 405 g/mol. The zero-order chi connectivity index (χ0) is 20.5. The molecule has 0 heterocycles. The van der Waals surface area contributed by atoms with Crippen molar-refractivity contribution in [3.8, 4) is 11.1 Å². The number of ether oxygens (including phenoxy) is 1. The second-order valence-corrected chi connectivity index (χ2v) is 8.39. The predicted molar refractivity (Wildman–Crippen MR) is 107 cm³/mol. The first-order valence-corrected chi connectivity index (χ1v) is 9.62. The molecule has 0 bridgehead atoms. The van der Waals surface area contributed by atoms with Gasteiger partial charge in [-0.1, -0.05) is 80.1 Å². The van der Waals surface area contributed by atoms with Crippen LogP contribution in [0.1, 0.15) is 19.4 Å². The van der Waals surface area contributed by atoms with E-state index >= 15 is 0 Å². The number of halogens is 4. The van der Waals surface area contributed by atoms with Crippen molar-refractivity contribution >= 4 is 29.2 Å². The predicted octanol–water partition coefficient (Wildman–Crippen LogP) is 6.62. The smallest absolute Gasteiger partial charge is 0.358 e. The highest BCUT2D eigenvalue weighted by Gasteiger charge is 2.62. The molecule has 2 nitrogen and oxygen atoms in total. The van der Waals surface area contributed by atoms with E-state index in [4.69, 9.17) is 27.9 Å². The number of esters is 1. The summed E-state index contributed by atoms with van der Waals surface area (Å²) < 4.78 is 31.6. The van der Waals surface area contributed by atoms with E-state index in [0.717, 1.165) is 22.8 Å². The molecule has 1 aliphatic carbocycles. The van der Waals surface area contributed by atoms with Gasteiger partial charge in [0.1, 0.15) is 6.61 Å². The third-order valence-corrected chi connectivity index (χ3v) is 5.84. The lowest BCUT2D eigenvalue weighted by molar-refractivity contribution is -0.147. The van der Waals surface area contributed by atoms with Crippen molar-refractivity contribution in [2.75, 3.05) is 0 Å². The lowest BCUT2D eigenvalue weighted by atomic mass is 10.0. The summed E-state index contributed by atoms with van der Waals surface area (Å²) in [7, 11) is 0. The number of benzene rings is 2. The molecule has 28 heavy (non-hydrogen) atoms. The first kappa shape index (κ1) is 20.8. The molecule has 2 aromatic rings. The highest BCUT2D eigenvalue weighted by Crippen LogP contribution is 2.60. The van der Waals surface area contributed by atoms with E-state index in [1.54, 1.807) is 0 Å². The van der Waals surface area contributed by atoms with E-state index in [-0.39, 0.29) is 6.61 Å². The molecule has 0 radical (unpaired) electrons. The van der Waals surface area contributed by atoms with Crippen molar-refractivity contribution in [3.05, 3.63) is 71.3 Å². The van der Waals surface area contributed by atoms with Crippen LogP contribution in [0, 0.1) is 17.3 Å². The Hall–Kier alpha value is -1.91. The highest BCUT2D eigenvalue weighted by atomic mass is 35.5. The molecule has 1 fully saturated rings.